The van der Waals surface area contributed by atoms with E-state index in [-0.39, 0.29) is 5.69 Å². The van der Waals surface area contributed by atoms with E-state index < -0.39 is 11.6 Å². The highest BCUT2D eigenvalue weighted by molar-refractivity contribution is 5.48. The van der Waals surface area contributed by atoms with E-state index in [9.17, 15) is 8.78 Å². The quantitative estimate of drug-likeness (QED) is 0.844. The number of anilines is 1. The third-order valence-corrected chi connectivity index (χ3v) is 3.36. The summed E-state index contributed by atoms with van der Waals surface area (Å²) in [5.41, 5.74) is 7.46. The van der Waals surface area contributed by atoms with Gasteiger partial charge in [0.25, 0.3) is 0 Å². The van der Waals surface area contributed by atoms with E-state index in [0.717, 1.165) is 36.9 Å². The molecule has 94 valence electrons. The van der Waals surface area contributed by atoms with Gasteiger partial charge in [-0.25, -0.2) is 13.5 Å². The Morgan fingerprint density at radius 1 is 1.11 bits per heavy atom. The van der Waals surface area contributed by atoms with E-state index in [1.165, 1.54) is 22.9 Å². The molecular formula is C13H13F2N3. The first-order chi connectivity index (χ1) is 8.68. The highest BCUT2D eigenvalue weighted by atomic mass is 19.1. The van der Waals surface area contributed by atoms with Crippen molar-refractivity contribution >= 4 is 5.82 Å². The van der Waals surface area contributed by atoms with Crippen LogP contribution in [0.1, 0.15) is 24.1 Å². The molecule has 18 heavy (non-hydrogen) atoms. The van der Waals surface area contributed by atoms with Crippen molar-refractivity contribution in [1.29, 1.82) is 0 Å². The zero-order valence-electron chi connectivity index (χ0n) is 9.79. The number of para-hydroxylation sites is 1. The molecule has 5 heteroatoms. The topological polar surface area (TPSA) is 43.8 Å². The van der Waals surface area contributed by atoms with Crippen LogP contribution >= 0.6 is 0 Å². The lowest BCUT2D eigenvalue weighted by Gasteiger charge is -2.14. The Bertz CT molecular complexity index is 584. The van der Waals surface area contributed by atoms with E-state index in [0.29, 0.717) is 5.82 Å². The molecule has 0 atom stereocenters. The van der Waals surface area contributed by atoms with Gasteiger partial charge in [0.05, 0.1) is 0 Å². The van der Waals surface area contributed by atoms with Crippen molar-refractivity contribution in [2.24, 2.45) is 0 Å². The smallest absolute Gasteiger partial charge is 0.151 e. The standard InChI is InChI=1S/C13H13F2N3/c14-9-5-3-6-10(15)12(9)18-11-7-2-1-4-8(11)13(16)17-18/h3,5-6H,1-2,4,7H2,(H2,16,17). The Labute approximate surface area is 103 Å². The Balaban J connectivity index is 2.24. The van der Waals surface area contributed by atoms with Gasteiger partial charge in [0.2, 0.25) is 0 Å². The first kappa shape index (κ1) is 11.2. The molecule has 0 amide bonds. The number of benzene rings is 1. The van der Waals surface area contributed by atoms with Gasteiger partial charge in [0, 0.05) is 11.3 Å². The van der Waals surface area contributed by atoms with Crippen molar-refractivity contribution in [1.82, 2.24) is 9.78 Å². The minimum absolute atomic E-state index is 0.132. The Hall–Kier alpha value is -1.91. The summed E-state index contributed by atoms with van der Waals surface area (Å²) in [5.74, 6) is -0.857. The second kappa shape index (κ2) is 4.08. The molecule has 0 saturated heterocycles. The van der Waals surface area contributed by atoms with E-state index in [1.54, 1.807) is 0 Å². The Morgan fingerprint density at radius 3 is 2.50 bits per heavy atom. The largest absolute Gasteiger partial charge is 0.382 e. The van der Waals surface area contributed by atoms with Crippen LogP contribution in [-0.2, 0) is 12.8 Å². The average molecular weight is 249 g/mol. The molecule has 1 aliphatic carbocycles. The molecule has 0 spiro atoms. The van der Waals surface area contributed by atoms with Gasteiger partial charge in [-0.3, -0.25) is 0 Å². The summed E-state index contributed by atoms with van der Waals surface area (Å²) in [6.45, 7) is 0. The van der Waals surface area contributed by atoms with Crippen LogP contribution < -0.4 is 5.73 Å². The van der Waals surface area contributed by atoms with Crippen molar-refractivity contribution < 1.29 is 8.78 Å². The van der Waals surface area contributed by atoms with Crippen LogP contribution in [0.15, 0.2) is 18.2 Å². The minimum atomic E-state index is -0.620. The van der Waals surface area contributed by atoms with Crippen LogP contribution in [0.25, 0.3) is 5.69 Å². The second-order valence-corrected chi connectivity index (χ2v) is 4.50. The maximum Gasteiger partial charge on any atom is 0.151 e. The summed E-state index contributed by atoms with van der Waals surface area (Å²) in [7, 11) is 0. The average Bonchev–Trinajstić information content (AvgIpc) is 2.68. The van der Waals surface area contributed by atoms with E-state index >= 15 is 0 Å². The highest BCUT2D eigenvalue weighted by Crippen LogP contribution is 2.29. The van der Waals surface area contributed by atoms with Crippen LogP contribution in [0.3, 0.4) is 0 Å². The van der Waals surface area contributed by atoms with Gasteiger partial charge < -0.3 is 5.73 Å². The van der Waals surface area contributed by atoms with Gasteiger partial charge in [-0.05, 0) is 37.8 Å². The molecule has 0 radical (unpaired) electrons. The number of hydrogen-bond donors (Lipinski definition) is 1. The molecule has 3 nitrogen and oxygen atoms in total. The van der Waals surface area contributed by atoms with Gasteiger partial charge in [0.1, 0.15) is 11.5 Å². The normalized spacial score (nSPS) is 14.6. The lowest BCUT2D eigenvalue weighted by atomic mass is 9.97. The second-order valence-electron chi connectivity index (χ2n) is 4.50. The third kappa shape index (κ3) is 1.58. The number of nitrogens with two attached hydrogens (primary N) is 1. The molecule has 1 aliphatic rings. The van der Waals surface area contributed by atoms with Gasteiger partial charge in [-0.1, -0.05) is 6.07 Å². The molecule has 0 saturated carbocycles. The number of nitrogen functional groups attached to an aromatic ring is 1. The summed E-state index contributed by atoms with van der Waals surface area (Å²) >= 11 is 0. The molecule has 0 unspecified atom stereocenters. The molecule has 1 aromatic heterocycles. The van der Waals surface area contributed by atoms with Crippen LogP contribution in [-0.4, -0.2) is 9.78 Å². The van der Waals surface area contributed by atoms with Crippen molar-refractivity contribution in [3.05, 3.63) is 41.1 Å². The Morgan fingerprint density at radius 2 is 1.78 bits per heavy atom. The van der Waals surface area contributed by atoms with Crippen LogP contribution in [0.4, 0.5) is 14.6 Å². The number of fused-ring (bicyclic) bond motifs is 1. The molecule has 0 fully saturated rings. The molecule has 1 heterocycles. The summed E-state index contributed by atoms with van der Waals surface area (Å²) in [4.78, 5) is 0. The van der Waals surface area contributed by atoms with Gasteiger partial charge in [-0.2, -0.15) is 0 Å². The Kier molecular flexibility index (Phi) is 2.54. The lowest BCUT2D eigenvalue weighted by molar-refractivity contribution is 0.550. The third-order valence-electron chi connectivity index (χ3n) is 3.36. The van der Waals surface area contributed by atoms with Crippen LogP contribution in [0.2, 0.25) is 0 Å². The molecule has 3 rings (SSSR count). The molecule has 1 aromatic carbocycles. The van der Waals surface area contributed by atoms with Gasteiger partial charge in [-0.15, -0.1) is 5.10 Å². The molecule has 0 aliphatic heterocycles. The number of nitrogens with zero attached hydrogens (tertiary/aromatic N) is 2. The fourth-order valence-electron chi connectivity index (χ4n) is 2.50. The van der Waals surface area contributed by atoms with Crippen molar-refractivity contribution in [2.75, 3.05) is 5.73 Å². The molecular weight excluding hydrogens is 236 g/mol. The maximum atomic E-state index is 13.8. The summed E-state index contributed by atoms with van der Waals surface area (Å²) in [5, 5.41) is 4.10. The predicted octanol–water partition coefficient (Wildman–Crippen LogP) is 2.61. The van der Waals surface area contributed by atoms with Crippen LogP contribution in [0.5, 0.6) is 0 Å². The van der Waals surface area contributed by atoms with Gasteiger partial charge >= 0.3 is 0 Å². The zero-order chi connectivity index (χ0) is 12.7. The number of aromatic nitrogens is 2. The number of hydrogen-bond acceptors (Lipinski definition) is 2. The monoisotopic (exact) mass is 249 g/mol. The summed E-state index contributed by atoms with van der Waals surface area (Å²) < 4.78 is 28.9. The van der Waals surface area contributed by atoms with Crippen molar-refractivity contribution in [3.63, 3.8) is 0 Å². The van der Waals surface area contributed by atoms with Crippen LogP contribution in [0, 0.1) is 11.6 Å². The number of halogens is 2. The minimum Gasteiger partial charge on any atom is -0.382 e. The van der Waals surface area contributed by atoms with Gasteiger partial charge in [0.15, 0.2) is 11.6 Å². The fourth-order valence-corrected chi connectivity index (χ4v) is 2.50. The fraction of sp³-hybridized carbons (Fsp3) is 0.308. The predicted molar refractivity (Wildman–Crippen MR) is 64.5 cm³/mol. The zero-order valence-corrected chi connectivity index (χ0v) is 9.79. The lowest BCUT2D eigenvalue weighted by Crippen LogP contribution is -2.10. The SMILES string of the molecule is Nc1nn(-c2c(F)cccc2F)c2c1CCCC2. The molecule has 2 aromatic rings. The summed E-state index contributed by atoms with van der Waals surface area (Å²) in [6.07, 6.45) is 3.63. The first-order valence-corrected chi connectivity index (χ1v) is 5.99. The maximum absolute atomic E-state index is 13.8. The van der Waals surface area contributed by atoms with Crippen molar-refractivity contribution in [2.45, 2.75) is 25.7 Å². The summed E-state index contributed by atoms with van der Waals surface area (Å²) in [6, 6.07) is 3.80. The van der Waals surface area contributed by atoms with Crippen molar-refractivity contribution in [3.8, 4) is 5.69 Å². The van der Waals surface area contributed by atoms with E-state index in [4.69, 9.17) is 5.73 Å². The number of rotatable bonds is 1. The van der Waals surface area contributed by atoms with E-state index in [1.807, 2.05) is 0 Å². The molecule has 2 N–H and O–H groups in total. The first-order valence-electron chi connectivity index (χ1n) is 5.99. The van der Waals surface area contributed by atoms with E-state index in [2.05, 4.69) is 5.10 Å². The highest BCUT2D eigenvalue weighted by Gasteiger charge is 2.23. The molecule has 0 bridgehead atoms.